The molecular formula is C31H29ClFN3. The van der Waals surface area contributed by atoms with Gasteiger partial charge in [0.15, 0.2) is 0 Å². The summed E-state index contributed by atoms with van der Waals surface area (Å²) in [6, 6.07) is 28.4. The number of nitrogens with zero attached hydrogens (tertiary/aromatic N) is 3. The van der Waals surface area contributed by atoms with Crippen LogP contribution in [0.4, 0.5) is 10.2 Å². The minimum Gasteiger partial charge on any atom is -0.351 e. The summed E-state index contributed by atoms with van der Waals surface area (Å²) >= 11 is 0. The molecule has 0 fully saturated rings. The highest BCUT2D eigenvalue weighted by atomic mass is 35.5. The molecule has 6 rings (SSSR count). The van der Waals surface area contributed by atoms with E-state index in [9.17, 15) is 4.39 Å². The van der Waals surface area contributed by atoms with Crippen molar-refractivity contribution in [2.75, 3.05) is 11.4 Å². The van der Waals surface area contributed by atoms with E-state index in [1.54, 1.807) is 12.1 Å². The maximum atomic E-state index is 14.6. The van der Waals surface area contributed by atoms with Crippen LogP contribution in [-0.4, -0.2) is 16.1 Å². The molecule has 2 aromatic heterocycles. The summed E-state index contributed by atoms with van der Waals surface area (Å²) in [6.45, 7) is 4.44. The molecule has 0 bridgehead atoms. The van der Waals surface area contributed by atoms with Gasteiger partial charge in [-0.3, -0.25) is 0 Å². The van der Waals surface area contributed by atoms with Crippen LogP contribution in [0.15, 0.2) is 91.1 Å². The first-order chi connectivity index (χ1) is 17.2. The van der Waals surface area contributed by atoms with Crippen molar-refractivity contribution in [3.8, 4) is 0 Å². The molecule has 0 unspecified atom stereocenters. The first kappa shape index (κ1) is 24.1. The third-order valence-electron chi connectivity index (χ3n) is 7.28. The second kappa shape index (κ2) is 10.2. The Morgan fingerprint density at radius 2 is 1.58 bits per heavy atom. The Bertz CT molecular complexity index is 1510. The molecule has 5 aromatic rings. The van der Waals surface area contributed by atoms with Crippen LogP contribution in [0, 0.1) is 12.7 Å². The van der Waals surface area contributed by atoms with Gasteiger partial charge < -0.3 is 9.47 Å². The molecule has 0 atom stereocenters. The zero-order valence-corrected chi connectivity index (χ0v) is 21.1. The minimum atomic E-state index is -0.166. The zero-order valence-electron chi connectivity index (χ0n) is 20.3. The second-order valence-electron chi connectivity index (χ2n) is 9.37. The normalized spacial score (nSPS) is 12.9. The lowest BCUT2D eigenvalue weighted by Gasteiger charge is -2.30. The molecule has 3 heterocycles. The predicted molar refractivity (Wildman–Crippen MR) is 148 cm³/mol. The Balaban J connectivity index is 0.00000267. The van der Waals surface area contributed by atoms with E-state index in [0.717, 1.165) is 37.3 Å². The van der Waals surface area contributed by atoms with E-state index in [-0.39, 0.29) is 18.2 Å². The number of hydrogen-bond acceptors (Lipinski definition) is 2. The second-order valence-corrected chi connectivity index (χ2v) is 9.37. The van der Waals surface area contributed by atoms with Crippen LogP contribution in [-0.2, 0) is 25.9 Å². The van der Waals surface area contributed by atoms with Gasteiger partial charge >= 0.3 is 0 Å². The summed E-state index contributed by atoms with van der Waals surface area (Å²) < 4.78 is 16.9. The molecule has 0 spiro atoms. The number of halogens is 2. The molecule has 0 amide bonds. The summed E-state index contributed by atoms with van der Waals surface area (Å²) in [5.74, 6) is 0.860. The summed E-state index contributed by atoms with van der Waals surface area (Å²) in [6.07, 6.45) is 3.73. The van der Waals surface area contributed by atoms with Crippen molar-refractivity contribution in [3.63, 3.8) is 0 Å². The highest BCUT2D eigenvalue weighted by molar-refractivity contribution is 5.95. The predicted octanol–water partition coefficient (Wildman–Crippen LogP) is 7.11. The number of fused-ring (bicyclic) bond motifs is 2. The lowest BCUT2D eigenvalue weighted by molar-refractivity contribution is 0.600. The standard InChI is InChI=1S/C31H28FN3.ClH/c1-22-27(19-23-9-3-2-4-10-23)30-29(35(22)21-26-13-7-8-14-28(26)32)15-17-33-31(30)34-18-16-24-11-5-6-12-25(24)20-34;/h2-15,17H,16,18-21H2,1H3;1H. The van der Waals surface area contributed by atoms with Crippen LogP contribution in [0.3, 0.4) is 0 Å². The molecule has 0 saturated carbocycles. The molecule has 36 heavy (non-hydrogen) atoms. The van der Waals surface area contributed by atoms with Gasteiger partial charge in [-0.25, -0.2) is 9.37 Å². The van der Waals surface area contributed by atoms with E-state index in [4.69, 9.17) is 4.98 Å². The lowest BCUT2D eigenvalue weighted by atomic mass is 9.98. The minimum absolute atomic E-state index is 0. The number of hydrogen-bond donors (Lipinski definition) is 0. The van der Waals surface area contributed by atoms with Gasteiger partial charge in [0.25, 0.3) is 0 Å². The molecule has 3 nitrogen and oxygen atoms in total. The van der Waals surface area contributed by atoms with Gasteiger partial charge in [-0.15, -0.1) is 12.4 Å². The van der Waals surface area contributed by atoms with Gasteiger partial charge in [-0.1, -0.05) is 72.8 Å². The van der Waals surface area contributed by atoms with Crippen molar-refractivity contribution in [3.05, 3.63) is 130 Å². The van der Waals surface area contributed by atoms with Crippen LogP contribution in [0.25, 0.3) is 10.9 Å². The van der Waals surface area contributed by atoms with Crippen LogP contribution in [0.2, 0.25) is 0 Å². The van der Waals surface area contributed by atoms with Crippen LogP contribution in [0.5, 0.6) is 0 Å². The molecule has 1 aliphatic rings. The van der Waals surface area contributed by atoms with Gasteiger partial charge in [0.2, 0.25) is 0 Å². The van der Waals surface area contributed by atoms with E-state index in [2.05, 4.69) is 77.1 Å². The van der Waals surface area contributed by atoms with Crippen LogP contribution < -0.4 is 4.90 Å². The Morgan fingerprint density at radius 3 is 2.39 bits per heavy atom. The van der Waals surface area contributed by atoms with Crippen molar-refractivity contribution in [1.29, 1.82) is 0 Å². The van der Waals surface area contributed by atoms with Crippen LogP contribution >= 0.6 is 12.4 Å². The molecule has 3 aromatic carbocycles. The SMILES string of the molecule is Cc1c(Cc2ccccc2)c2c(N3CCc4ccccc4C3)nccc2n1Cc1ccccc1F.Cl. The fourth-order valence-electron chi connectivity index (χ4n) is 5.41. The molecular weight excluding hydrogens is 469 g/mol. The molecule has 182 valence electrons. The summed E-state index contributed by atoms with van der Waals surface area (Å²) in [5.41, 5.74) is 8.30. The number of aromatic nitrogens is 2. The van der Waals surface area contributed by atoms with E-state index in [0.29, 0.717) is 12.1 Å². The Hall–Kier alpha value is -3.63. The number of benzene rings is 3. The number of pyridine rings is 1. The third-order valence-corrected chi connectivity index (χ3v) is 7.28. The lowest BCUT2D eigenvalue weighted by Crippen LogP contribution is -2.31. The van der Waals surface area contributed by atoms with Crippen molar-refractivity contribution >= 4 is 29.1 Å². The van der Waals surface area contributed by atoms with Gasteiger partial charge in [0.1, 0.15) is 11.6 Å². The number of rotatable bonds is 5. The fourth-order valence-corrected chi connectivity index (χ4v) is 5.41. The van der Waals surface area contributed by atoms with Crippen molar-refractivity contribution in [2.24, 2.45) is 0 Å². The largest absolute Gasteiger partial charge is 0.351 e. The maximum Gasteiger partial charge on any atom is 0.138 e. The first-order valence-corrected chi connectivity index (χ1v) is 12.2. The Morgan fingerprint density at radius 1 is 0.861 bits per heavy atom. The fraction of sp³-hybridized carbons (Fsp3) is 0.194. The van der Waals surface area contributed by atoms with Gasteiger partial charge in [0.05, 0.1) is 12.1 Å². The van der Waals surface area contributed by atoms with Crippen molar-refractivity contribution < 1.29 is 4.39 Å². The third kappa shape index (κ3) is 4.38. The van der Waals surface area contributed by atoms with E-state index in [1.807, 2.05) is 18.3 Å². The molecule has 0 aliphatic carbocycles. The molecule has 5 heteroatoms. The molecule has 0 N–H and O–H groups in total. The smallest absolute Gasteiger partial charge is 0.138 e. The Kier molecular flexibility index (Phi) is 6.80. The average Bonchev–Trinajstić information content (AvgIpc) is 3.16. The Labute approximate surface area is 217 Å². The van der Waals surface area contributed by atoms with Crippen LogP contribution in [0.1, 0.15) is 33.5 Å². The quantitative estimate of drug-likeness (QED) is 0.258. The van der Waals surface area contributed by atoms with E-state index in [1.165, 1.54) is 33.3 Å². The number of anilines is 1. The topological polar surface area (TPSA) is 21.1 Å². The summed E-state index contributed by atoms with van der Waals surface area (Å²) in [7, 11) is 0. The maximum absolute atomic E-state index is 14.6. The summed E-state index contributed by atoms with van der Waals surface area (Å²) in [4.78, 5) is 7.33. The van der Waals surface area contributed by atoms with Gasteiger partial charge in [-0.2, -0.15) is 0 Å². The van der Waals surface area contributed by atoms with E-state index >= 15 is 0 Å². The van der Waals surface area contributed by atoms with Gasteiger partial charge in [0, 0.05) is 35.9 Å². The molecule has 0 radical (unpaired) electrons. The monoisotopic (exact) mass is 497 g/mol. The molecule has 0 saturated heterocycles. The first-order valence-electron chi connectivity index (χ1n) is 12.2. The summed E-state index contributed by atoms with van der Waals surface area (Å²) in [5, 5.41) is 1.18. The zero-order chi connectivity index (χ0) is 23.8. The average molecular weight is 498 g/mol. The van der Waals surface area contributed by atoms with Crippen molar-refractivity contribution in [2.45, 2.75) is 32.9 Å². The highest BCUT2D eigenvalue weighted by Gasteiger charge is 2.24. The van der Waals surface area contributed by atoms with E-state index < -0.39 is 0 Å². The highest BCUT2D eigenvalue weighted by Crippen LogP contribution is 2.36. The van der Waals surface area contributed by atoms with Crippen molar-refractivity contribution in [1.82, 2.24) is 9.55 Å². The van der Waals surface area contributed by atoms with Gasteiger partial charge in [-0.05, 0) is 54.2 Å². The molecule has 1 aliphatic heterocycles.